The van der Waals surface area contributed by atoms with E-state index in [1.165, 1.54) is 0 Å². The van der Waals surface area contributed by atoms with E-state index < -0.39 is 22.0 Å². The van der Waals surface area contributed by atoms with Gasteiger partial charge in [0.05, 0.1) is 22.5 Å². The van der Waals surface area contributed by atoms with Gasteiger partial charge in [-0.3, -0.25) is 5.32 Å². The summed E-state index contributed by atoms with van der Waals surface area (Å²) in [6.07, 6.45) is 0.334. The van der Waals surface area contributed by atoms with Gasteiger partial charge in [0.25, 0.3) is 0 Å². The number of fused-ring (bicyclic) bond motifs is 3. The Balaban J connectivity index is 1.39. The minimum absolute atomic E-state index is 0.00964. The van der Waals surface area contributed by atoms with E-state index in [1.54, 1.807) is 6.92 Å². The number of nitrogens with one attached hydrogen (secondary N) is 3. The number of carbonyl (C=O) groups is 2. The number of imidazole rings is 1. The Morgan fingerprint density at radius 1 is 0.952 bits per heavy atom. The highest BCUT2D eigenvalue weighted by molar-refractivity contribution is 7.92. The molecule has 2 aromatic carbocycles. The molecule has 1 aliphatic heterocycles. The van der Waals surface area contributed by atoms with Crippen molar-refractivity contribution in [1.82, 2.24) is 25.2 Å². The smallest absolute Gasteiger partial charge is 0.413 e. The fourth-order valence-electron chi connectivity index (χ4n) is 4.88. The third-order valence-corrected chi connectivity index (χ3v) is 8.72. The number of nitrogens with zero attached hydrogens (tertiary/aromatic N) is 3. The fraction of sp³-hybridized carbons (Fsp3) is 0.379. The lowest BCUT2D eigenvalue weighted by molar-refractivity contribution is 0.136. The second-order valence-electron chi connectivity index (χ2n) is 10.1. The number of rotatable bonds is 12. The summed E-state index contributed by atoms with van der Waals surface area (Å²) in [5.41, 5.74) is 2.73. The minimum atomic E-state index is -2.87. The summed E-state index contributed by atoms with van der Waals surface area (Å²) in [6.45, 7) is 3.49. The highest BCUT2D eigenvalue weighted by atomic mass is 32.2. The third-order valence-electron chi connectivity index (χ3n) is 6.90. The summed E-state index contributed by atoms with van der Waals surface area (Å²) < 4.78 is 35.7. The van der Waals surface area contributed by atoms with E-state index in [2.05, 4.69) is 20.9 Å². The molecule has 0 spiro atoms. The zero-order chi connectivity index (χ0) is 29.5. The molecule has 0 aliphatic carbocycles. The number of pyridine rings is 1. The molecular formula is C29H34N6O6S. The summed E-state index contributed by atoms with van der Waals surface area (Å²) in [5.74, 6) is 1.12. The number of carbonyl (C=O) groups excluding carboxylic acids is 2. The van der Waals surface area contributed by atoms with Crippen LogP contribution in [0.25, 0.3) is 21.9 Å². The normalized spacial score (nSPS) is 14.4. The summed E-state index contributed by atoms with van der Waals surface area (Å²) in [7, 11) is -2.87. The molecule has 13 heteroatoms. The monoisotopic (exact) mass is 594 g/mol. The zero-order valence-corrected chi connectivity index (χ0v) is 24.2. The van der Waals surface area contributed by atoms with E-state index in [9.17, 15) is 18.0 Å². The summed E-state index contributed by atoms with van der Waals surface area (Å²) in [5, 5.41) is 9.50. The third kappa shape index (κ3) is 7.15. The number of unbranched alkanes of at least 4 members (excludes halogenated alkanes) is 1. The number of hydrogen-bond acceptors (Lipinski definition) is 9. The molecule has 1 fully saturated rings. The van der Waals surface area contributed by atoms with E-state index in [-0.39, 0.29) is 36.6 Å². The Kier molecular flexibility index (Phi) is 9.18. The van der Waals surface area contributed by atoms with Gasteiger partial charge in [-0.2, -0.15) is 0 Å². The van der Waals surface area contributed by atoms with Crippen molar-refractivity contribution in [3.05, 3.63) is 66.0 Å². The minimum Gasteiger partial charge on any atom is -0.444 e. The van der Waals surface area contributed by atoms with Crippen LogP contribution in [0.15, 0.2) is 54.6 Å². The number of alkyl carbamates (subject to hydrolysis) is 1. The van der Waals surface area contributed by atoms with Gasteiger partial charge in [0.15, 0.2) is 22.3 Å². The Hall–Kier alpha value is -4.23. The predicted molar refractivity (Wildman–Crippen MR) is 159 cm³/mol. The number of anilines is 1. The number of benzene rings is 2. The average Bonchev–Trinajstić information content (AvgIpc) is 3.33. The summed E-state index contributed by atoms with van der Waals surface area (Å²) >= 11 is 0. The molecule has 1 saturated heterocycles. The van der Waals surface area contributed by atoms with Crippen LogP contribution in [0.4, 0.5) is 15.4 Å². The SMILES string of the molecule is CCNC(=O)OCc1nc2c(NC(=O)OCc3ccccc3)nc3ccccc3c2n1CCCCNC1CS(=O)(=O)C1. The Bertz CT molecular complexity index is 1660. The van der Waals surface area contributed by atoms with Crippen molar-refractivity contribution < 1.29 is 27.5 Å². The van der Waals surface area contributed by atoms with E-state index in [0.717, 1.165) is 29.3 Å². The van der Waals surface area contributed by atoms with Gasteiger partial charge < -0.3 is 24.7 Å². The topological polar surface area (TPSA) is 154 Å². The maximum absolute atomic E-state index is 12.8. The molecule has 0 atom stereocenters. The lowest BCUT2D eigenvalue weighted by atomic mass is 10.2. The molecule has 3 N–H and O–H groups in total. The highest BCUT2D eigenvalue weighted by Crippen LogP contribution is 2.31. The molecule has 0 radical (unpaired) electrons. The van der Waals surface area contributed by atoms with E-state index in [0.29, 0.717) is 36.5 Å². The quantitative estimate of drug-likeness (QED) is 0.208. The van der Waals surface area contributed by atoms with Gasteiger partial charge in [-0.1, -0.05) is 48.5 Å². The zero-order valence-electron chi connectivity index (χ0n) is 23.3. The van der Waals surface area contributed by atoms with Crippen LogP contribution in [0.2, 0.25) is 0 Å². The molecule has 222 valence electrons. The molecule has 2 aromatic heterocycles. The van der Waals surface area contributed by atoms with Crippen LogP contribution < -0.4 is 16.0 Å². The van der Waals surface area contributed by atoms with Crippen molar-refractivity contribution in [1.29, 1.82) is 0 Å². The molecule has 0 bridgehead atoms. The van der Waals surface area contributed by atoms with E-state index >= 15 is 0 Å². The molecule has 3 heterocycles. The molecule has 1 aliphatic rings. The van der Waals surface area contributed by atoms with E-state index in [4.69, 9.17) is 14.5 Å². The standard InChI is InChI=1S/C29H34N6O6S/c1-2-30-28(36)41-17-24-33-25-26(35(24)15-9-8-14-31-21-18-42(38,39)19-21)22-12-6-7-13-23(22)32-27(25)34-29(37)40-16-20-10-4-3-5-11-20/h3-7,10-13,21,31H,2,8-9,14-19H2,1H3,(H,30,36)(H,32,34,37). The van der Waals surface area contributed by atoms with Gasteiger partial charge in [-0.05, 0) is 37.9 Å². The van der Waals surface area contributed by atoms with Crippen LogP contribution in [-0.2, 0) is 39.1 Å². The van der Waals surface area contributed by atoms with Gasteiger partial charge in [0.2, 0.25) is 0 Å². The second-order valence-corrected chi connectivity index (χ2v) is 12.2. The lowest BCUT2D eigenvalue weighted by Gasteiger charge is -2.26. The Morgan fingerprint density at radius 3 is 2.45 bits per heavy atom. The van der Waals surface area contributed by atoms with Crippen LogP contribution in [0.5, 0.6) is 0 Å². The number of aryl methyl sites for hydroxylation is 1. The highest BCUT2D eigenvalue weighted by Gasteiger charge is 2.32. The van der Waals surface area contributed by atoms with Crippen LogP contribution in [0, 0.1) is 0 Å². The van der Waals surface area contributed by atoms with Crippen LogP contribution >= 0.6 is 0 Å². The van der Waals surface area contributed by atoms with Crippen molar-refractivity contribution >= 4 is 49.8 Å². The maximum atomic E-state index is 12.8. The van der Waals surface area contributed by atoms with Crippen molar-refractivity contribution in [2.45, 2.75) is 45.6 Å². The average molecular weight is 595 g/mol. The van der Waals surface area contributed by atoms with E-state index in [1.807, 2.05) is 59.2 Å². The molecule has 42 heavy (non-hydrogen) atoms. The first-order valence-corrected chi connectivity index (χ1v) is 15.7. The number of aromatic nitrogens is 3. The first kappa shape index (κ1) is 29.3. The number of amides is 2. The molecule has 5 rings (SSSR count). The van der Waals surface area contributed by atoms with Gasteiger partial charge in [-0.25, -0.2) is 28.0 Å². The second kappa shape index (κ2) is 13.2. The van der Waals surface area contributed by atoms with Gasteiger partial charge in [0.1, 0.15) is 17.9 Å². The van der Waals surface area contributed by atoms with Crippen molar-refractivity contribution in [2.24, 2.45) is 0 Å². The van der Waals surface area contributed by atoms with Gasteiger partial charge >= 0.3 is 12.2 Å². The molecule has 0 saturated carbocycles. The van der Waals surface area contributed by atoms with Crippen molar-refractivity contribution in [2.75, 3.05) is 29.9 Å². The molecule has 0 unspecified atom stereocenters. The van der Waals surface area contributed by atoms with Crippen molar-refractivity contribution in [3.8, 4) is 0 Å². The Labute approximate surface area is 243 Å². The fourth-order valence-corrected chi connectivity index (χ4v) is 6.25. The van der Waals surface area contributed by atoms with Crippen LogP contribution in [-0.4, -0.2) is 65.8 Å². The van der Waals surface area contributed by atoms with Gasteiger partial charge in [0, 0.05) is 24.5 Å². The lowest BCUT2D eigenvalue weighted by Crippen LogP contribution is -2.51. The predicted octanol–water partition coefficient (Wildman–Crippen LogP) is 3.75. The first-order chi connectivity index (χ1) is 20.3. The molecule has 2 amide bonds. The van der Waals surface area contributed by atoms with Crippen LogP contribution in [0.1, 0.15) is 31.2 Å². The van der Waals surface area contributed by atoms with Crippen LogP contribution in [0.3, 0.4) is 0 Å². The number of sulfone groups is 1. The number of ether oxygens (including phenoxy) is 2. The molecular weight excluding hydrogens is 560 g/mol. The maximum Gasteiger partial charge on any atom is 0.413 e. The summed E-state index contributed by atoms with van der Waals surface area (Å²) in [4.78, 5) is 34.3. The summed E-state index contributed by atoms with van der Waals surface area (Å²) in [6, 6.07) is 16.9. The largest absolute Gasteiger partial charge is 0.444 e. The van der Waals surface area contributed by atoms with Gasteiger partial charge in [-0.15, -0.1) is 0 Å². The molecule has 12 nitrogen and oxygen atoms in total. The molecule has 4 aromatic rings. The first-order valence-electron chi connectivity index (χ1n) is 13.9. The number of para-hydroxylation sites is 1. The van der Waals surface area contributed by atoms with Crippen molar-refractivity contribution in [3.63, 3.8) is 0 Å². The number of hydrogen-bond donors (Lipinski definition) is 3. The Morgan fingerprint density at radius 2 is 1.69 bits per heavy atom.